The predicted molar refractivity (Wildman–Crippen MR) is 132 cm³/mol. The Kier molecular flexibility index (Phi) is 8.02. The van der Waals surface area contributed by atoms with Crippen LogP contribution < -0.4 is 14.8 Å². The SMILES string of the molecule is [2H]C([2H])([18F])Oc1ccc(CC(c2cccc(C#N)c2)C(C)NC(=O)C(C)(C)Oc2ccc(C(F)(F)F)cn2)cc1. The molecule has 2 atom stereocenters. The molecule has 3 aromatic rings. The van der Waals surface area contributed by atoms with Crippen molar-refractivity contribution in [1.29, 1.82) is 5.26 Å². The zero-order valence-electron chi connectivity index (χ0n) is 22.8. The summed E-state index contributed by atoms with van der Waals surface area (Å²) < 4.78 is 75.7. The van der Waals surface area contributed by atoms with E-state index >= 15 is 0 Å². The van der Waals surface area contributed by atoms with Crippen LogP contribution in [-0.2, 0) is 17.4 Å². The normalized spacial score (nSPS) is 14.4. The number of benzene rings is 2. The van der Waals surface area contributed by atoms with Crippen molar-refractivity contribution in [2.24, 2.45) is 0 Å². The van der Waals surface area contributed by atoms with Crippen LogP contribution in [0.15, 0.2) is 66.9 Å². The topological polar surface area (TPSA) is 84.2 Å². The fourth-order valence-corrected chi connectivity index (χ4v) is 3.81. The number of alkyl halides is 4. The highest BCUT2D eigenvalue weighted by Gasteiger charge is 2.34. The second-order valence-corrected chi connectivity index (χ2v) is 9.13. The van der Waals surface area contributed by atoms with Gasteiger partial charge in [-0.15, -0.1) is 0 Å². The Balaban J connectivity index is 1.79. The van der Waals surface area contributed by atoms with E-state index in [-0.39, 0.29) is 17.5 Å². The zero-order valence-corrected chi connectivity index (χ0v) is 20.8. The number of carbonyl (C=O) groups is 1. The van der Waals surface area contributed by atoms with Crippen molar-refractivity contribution in [3.05, 3.63) is 89.1 Å². The van der Waals surface area contributed by atoms with E-state index in [0.29, 0.717) is 18.2 Å². The molecule has 0 saturated carbocycles. The van der Waals surface area contributed by atoms with E-state index in [1.165, 1.54) is 26.0 Å². The van der Waals surface area contributed by atoms with E-state index in [1.807, 2.05) is 6.07 Å². The first-order valence-electron chi connectivity index (χ1n) is 12.6. The maximum absolute atomic E-state index is 13.2. The minimum Gasteiger partial charge on any atom is -0.463 e. The van der Waals surface area contributed by atoms with Gasteiger partial charge in [-0.2, -0.15) is 18.4 Å². The molecule has 10 heteroatoms. The molecule has 0 radical (unpaired) electrons. The van der Waals surface area contributed by atoms with E-state index in [2.05, 4.69) is 21.1 Å². The van der Waals surface area contributed by atoms with Crippen molar-refractivity contribution < 1.29 is 34.6 Å². The Morgan fingerprint density at radius 3 is 2.45 bits per heavy atom. The quantitative estimate of drug-likeness (QED) is 0.327. The van der Waals surface area contributed by atoms with Gasteiger partial charge in [0, 0.05) is 24.2 Å². The molecule has 1 aromatic heterocycles. The highest BCUT2D eigenvalue weighted by Crippen LogP contribution is 2.30. The van der Waals surface area contributed by atoms with Crippen LogP contribution in [0.5, 0.6) is 11.6 Å². The molecule has 0 saturated heterocycles. The molecular formula is C28H27F4N3O3. The Bertz CT molecular complexity index is 1350. The fourth-order valence-electron chi connectivity index (χ4n) is 3.81. The molecule has 1 N–H and O–H groups in total. The number of hydrogen-bond acceptors (Lipinski definition) is 5. The minimum atomic E-state index is -4.56. The summed E-state index contributed by atoms with van der Waals surface area (Å²) in [6.45, 7) is 1.36. The number of hydrogen-bond donors (Lipinski definition) is 1. The Morgan fingerprint density at radius 2 is 1.87 bits per heavy atom. The van der Waals surface area contributed by atoms with Crippen LogP contribution in [-0.4, -0.2) is 29.3 Å². The third-order valence-electron chi connectivity index (χ3n) is 5.91. The molecule has 200 valence electrons. The molecule has 0 aliphatic rings. The summed E-state index contributed by atoms with van der Waals surface area (Å²) >= 11 is 0. The number of carbonyl (C=O) groups excluding carboxylic acids is 1. The fraction of sp³-hybridized carbons (Fsp3) is 0.321. The van der Waals surface area contributed by atoms with Crippen LogP contribution in [0, 0.1) is 11.3 Å². The average Bonchev–Trinajstić information content (AvgIpc) is 2.86. The predicted octanol–water partition coefficient (Wildman–Crippen LogP) is 5.97. The van der Waals surface area contributed by atoms with Gasteiger partial charge < -0.3 is 14.8 Å². The van der Waals surface area contributed by atoms with Gasteiger partial charge in [0.1, 0.15) is 8.49 Å². The molecule has 0 aliphatic carbocycles. The Morgan fingerprint density at radius 1 is 1.16 bits per heavy atom. The molecular weight excluding hydrogens is 501 g/mol. The van der Waals surface area contributed by atoms with Crippen LogP contribution in [0.4, 0.5) is 17.6 Å². The van der Waals surface area contributed by atoms with E-state index in [1.54, 1.807) is 37.3 Å². The van der Waals surface area contributed by atoms with Crippen molar-refractivity contribution in [3.8, 4) is 17.7 Å². The number of nitrogens with one attached hydrogen (secondary N) is 1. The molecule has 1 heterocycles. The number of pyridine rings is 1. The maximum atomic E-state index is 13.2. The molecule has 0 spiro atoms. The molecule has 0 bridgehead atoms. The largest absolute Gasteiger partial charge is 0.463 e. The van der Waals surface area contributed by atoms with Gasteiger partial charge >= 0.3 is 6.18 Å². The zero-order chi connectivity index (χ0) is 29.7. The highest BCUT2D eigenvalue weighted by atomic mass is 19.4. The van der Waals surface area contributed by atoms with Crippen molar-refractivity contribution in [1.82, 2.24) is 10.3 Å². The Labute approximate surface area is 221 Å². The number of rotatable bonds is 10. The van der Waals surface area contributed by atoms with Gasteiger partial charge in [-0.25, -0.2) is 9.37 Å². The lowest BCUT2D eigenvalue weighted by Gasteiger charge is -2.30. The number of nitrogens with zero attached hydrogens (tertiary/aromatic N) is 2. The van der Waals surface area contributed by atoms with Gasteiger partial charge in [0.25, 0.3) is 5.91 Å². The lowest BCUT2D eigenvalue weighted by Crippen LogP contribution is -2.51. The van der Waals surface area contributed by atoms with Crippen LogP contribution in [0.3, 0.4) is 0 Å². The van der Waals surface area contributed by atoms with Gasteiger partial charge in [0.2, 0.25) is 12.7 Å². The first-order valence-corrected chi connectivity index (χ1v) is 11.6. The molecule has 3 rings (SSSR count). The first kappa shape index (κ1) is 25.5. The molecule has 2 unspecified atom stereocenters. The van der Waals surface area contributed by atoms with E-state index in [9.17, 15) is 27.6 Å². The molecule has 6 nitrogen and oxygen atoms in total. The van der Waals surface area contributed by atoms with Crippen molar-refractivity contribution in [3.63, 3.8) is 0 Å². The monoisotopic (exact) mass is 530 g/mol. The second kappa shape index (κ2) is 11.9. The van der Waals surface area contributed by atoms with E-state index in [0.717, 1.165) is 23.3 Å². The van der Waals surface area contributed by atoms with E-state index < -0.39 is 36.1 Å². The molecule has 0 fully saturated rings. The van der Waals surface area contributed by atoms with Crippen LogP contribution in [0.1, 0.15) is 51.7 Å². The minimum absolute atomic E-state index is 0.00333. The summed E-state index contributed by atoms with van der Waals surface area (Å²) in [7, 11) is 0. The van der Waals surface area contributed by atoms with Gasteiger partial charge in [-0.1, -0.05) is 24.3 Å². The van der Waals surface area contributed by atoms with Gasteiger partial charge in [-0.05, 0) is 68.7 Å². The standard InChI is InChI=1S/C28H27F4N3O3/c1-18(35-26(36)27(2,3)38-25-12-9-22(16-34-25)28(30,31)32)24(21-6-4-5-20(13-21)15-33)14-19-7-10-23(11-8-19)37-17-29/h4-13,16,18,24H,14,17H2,1-3H3,(H,35,36)/i17D2,29-1. The average molecular weight is 531 g/mol. The smallest absolute Gasteiger partial charge is 0.417 e. The summed E-state index contributed by atoms with van der Waals surface area (Å²) in [5.74, 6) is -1.05. The summed E-state index contributed by atoms with van der Waals surface area (Å²) in [4.78, 5) is 16.9. The van der Waals surface area contributed by atoms with Gasteiger partial charge in [-0.3, -0.25) is 4.79 Å². The molecule has 0 aliphatic heterocycles. The van der Waals surface area contributed by atoms with Crippen molar-refractivity contribution >= 4 is 5.91 Å². The van der Waals surface area contributed by atoms with Gasteiger partial charge in [0.15, 0.2) is 5.60 Å². The van der Waals surface area contributed by atoms with Gasteiger partial charge in [0.05, 0.1) is 17.2 Å². The lowest BCUT2D eigenvalue weighted by molar-refractivity contribution is -0.138. The summed E-state index contributed by atoms with van der Waals surface area (Å²) in [6.07, 6.45) is -3.55. The van der Waals surface area contributed by atoms with E-state index in [4.69, 9.17) is 7.48 Å². The molecule has 2 aromatic carbocycles. The number of aromatic nitrogens is 1. The number of halogens is 4. The lowest BCUT2D eigenvalue weighted by atomic mass is 9.85. The maximum Gasteiger partial charge on any atom is 0.417 e. The highest BCUT2D eigenvalue weighted by molar-refractivity contribution is 5.85. The summed E-state index contributed by atoms with van der Waals surface area (Å²) in [5, 5.41) is 12.3. The van der Waals surface area contributed by atoms with Crippen LogP contribution in [0.25, 0.3) is 0 Å². The number of ether oxygens (including phenoxy) is 2. The summed E-state index contributed by atoms with van der Waals surface area (Å²) in [5.41, 5.74) is -0.488. The van der Waals surface area contributed by atoms with Crippen molar-refractivity contribution in [2.75, 3.05) is 6.81 Å². The van der Waals surface area contributed by atoms with Crippen LogP contribution in [0.2, 0.25) is 0 Å². The first-order chi connectivity index (χ1) is 18.6. The number of amides is 1. The van der Waals surface area contributed by atoms with Crippen molar-refractivity contribution in [2.45, 2.75) is 50.9 Å². The molecule has 1 amide bonds. The Hall–Kier alpha value is -4.13. The molecule has 38 heavy (non-hydrogen) atoms. The third kappa shape index (κ3) is 7.44. The second-order valence-electron chi connectivity index (χ2n) is 9.13. The number of nitriles is 1. The van der Waals surface area contributed by atoms with Crippen LogP contribution >= 0.6 is 0 Å². The third-order valence-corrected chi connectivity index (χ3v) is 5.91. The summed E-state index contributed by atoms with van der Waals surface area (Å²) in [6, 6.07) is 16.4.